The first kappa shape index (κ1) is 42.7. The van der Waals surface area contributed by atoms with Crippen LogP contribution in [0.25, 0.3) is 0 Å². The van der Waals surface area contributed by atoms with Gasteiger partial charge in [0.2, 0.25) is 0 Å². The van der Waals surface area contributed by atoms with Crippen LogP contribution in [0.4, 0.5) is 0 Å². The summed E-state index contributed by atoms with van der Waals surface area (Å²) in [5.41, 5.74) is 0. The standard InChI is InChI=1S/3C8H18O.C3H8O.Ti/c3*1-2-3-4-5-6-7-8-9;1-3(2)4;/h3*9H,2-8H2,1H3;3-4H,1-2H3;. The van der Waals surface area contributed by atoms with Crippen LogP contribution in [0.5, 0.6) is 0 Å². The molecule has 0 aromatic heterocycles. The van der Waals surface area contributed by atoms with Crippen LogP contribution < -0.4 is 0 Å². The van der Waals surface area contributed by atoms with Crippen LogP contribution in [-0.4, -0.2) is 46.4 Å². The van der Waals surface area contributed by atoms with Crippen molar-refractivity contribution in [1.29, 1.82) is 0 Å². The van der Waals surface area contributed by atoms with Crippen molar-refractivity contribution in [2.75, 3.05) is 19.8 Å². The van der Waals surface area contributed by atoms with Gasteiger partial charge in [0.05, 0.1) is 0 Å². The maximum Gasteiger partial charge on any atom is 0.0483 e. The molecule has 0 aromatic carbocycles. The zero-order valence-electron chi connectivity index (χ0n) is 22.7. The number of aliphatic hydroxyl groups excluding tert-OH is 4. The van der Waals surface area contributed by atoms with Crippen LogP contribution in [0, 0.1) is 0 Å². The Bertz CT molecular complexity index is 188. The molecule has 0 heterocycles. The number of rotatable bonds is 18. The molecule has 0 saturated carbocycles. The molecule has 0 fully saturated rings. The second-order valence-electron chi connectivity index (χ2n) is 8.57. The summed E-state index contributed by atoms with van der Waals surface area (Å²) in [4.78, 5) is 0. The van der Waals surface area contributed by atoms with Gasteiger partial charge in [-0.2, -0.15) is 0 Å². The summed E-state index contributed by atoms with van der Waals surface area (Å²) in [5.74, 6) is 0. The van der Waals surface area contributed by atoms with E-state index in [2.05, 4.69) is 20.8 Å². The summed E-state index contributed by atoms with van der Waals surface area (Å²) < 4.78 is 0. The van der Waals surface area contributed by atoms with Crippen molar-refractivity contribution in [3.05, 3.63) is 0 Å². The van der Waals surface area contributed by atoms with Crippen molar-refractivity contribution in [2.45, 2.75) is 156 Å². The molecule has 0 spiro atoms. The topological polar surface area (TPSA) is 80.9 Å². The van der Waals surface area contributed by atoms with Gasteiger partial charge in [-0.3, -0.25) is 0 Å². The van der Waals surface area contributed by atoms with Gasteiger partial charge in [0.25, 0.3) is 0 Å². The molecule has 0 aliphatic rings. The van der Waals surface area contributed by atoms with Crippen LogP contribution >= 0.6 is 0 Å². The quantitative estimate of drug-likeness (QED) is 0.117. The molecular weight excluding hydrogens is 436 g/mol. The molecule has 32 heavy (non-hydrogen) atoms. The summed E-state index contributed by atoms with van der Waals surface area (Å²) in [6.07, 6.45) is 22.3. The summed E-state index contributed by atoms with van der Waals surface area (Å²) >= 11 is 0. The molecule has 198 valence electrons. The fraction of sp³-hybridized carbons (Fsp3) is 1.00. The number of hydrogen-bond acceptors (Lipinski definition) is 4. The number of aliphatic hydroxyl groups is 4. The van der Waals surface area contributed by atoms with Gasteiger partial charge in [0, 0.05) is 47.6 Å². The molecule has 0 amide bonds. The van der Waals surface area contributed by atoms with E-state index in [1.807, 2.05) is 0 Å². The molecule has 0 aliphatic carbocycles. The first-order chi connectivity index (χ1) is 15.0. The molecule has 4 N–H and O–H groups in total. The third-order valence-electron chi connectivity index (χ3n) is 4.54. The van der Waals surface area contributed by atoms with Crippen molar-refractivity contribution in [3.63, 3.8) is 0 Å². The van der Waals surface area contributed by atoms with Gasteiger partial charge in [0.1, 0.15) is 0 Å². The van der Waals surface area contributed by atoms with Crippen molar-refractivity contribution >= 4 is 0 Å². The van der Waals surface area contributed by atoms with Gasteiger partial charge >= 0.3 is 0 Å². The fourth-order valence-electron chi connectivity index (χ4n) is 2.68. The minimum atomic E-state index is -0.167. The molecular formula is C27H62O4Ti. The number of unbranched alkanes of at least 4 members (excludes halogenated alkanes) is 15. The second-order valence-corrected chi connectivity index (χ2v) is 8.57. The van der Waals surface area contributed by atoms with Crippen LogP contribution in [0.2, 0.25) is 0 Å². The molecule has 5 heteroatoms. The Morgan fingerprint density at radius 1 is 0.406 bits per heavy atom. The molecule has 4 nitrogen and oxygen atoms in total. The Hall–Kier alpha value is 0.554. The smallest absolute Gasteiger partial charge is 0.0483 e. The Kier molecular flexibility index (Phi) is 65.2. The Labute approximate surface area is 217 Å². The van der Waals surface area contributed by atoms with Crippen LogP contribution in [0.3, 0.4) is 0 Å². The van der Waals surface area contributed by atoms with Gasteiger partial charge in [-0.15, -0.1) is 0 Å². The average Bonchev–Trinajstić information content (AvgIpc) is 2.74. The molecule has 0 radical (unpaired) electrons. The molecule has 0 saturated heterocycles. The summed E-state index contributed by atoms with van der Waals surface area (Å²) in [6, 6.07) is 0. The SMILES string of the molecule is CC(C)O.CCCCCCCCO.CCCCCCCCO.CCCCCCCCO.[Ti]. The largest absolute Gasteiger partial charge is 0.396 e. The molecule has 0 aromatic rings. The van der Waals surface area contributed by atoms with E-state index in [1.54, 1.807) is 13.8 Å². The van der Waals surface area contributed by atoms with E-state index in [-0.39, 0.29) is 27.8 Å². The van der Waals surface area contributed by atoms with Gasteiger partial charge in [0.15, 0.2) is 0 Å². The van der Waals surface area contributed by atoms with Crippen molar-refractivity contribution < 1.29 is 42.1 Å². The van der Waals surface area contributed by atoms with Crippen LogP contribution in [-0.2, 0) is 21.7 Å². The van der Waals surface area contributed by atoms with Gasteiger partial charge in [-0.1, -0.05) is 117 Å². The van der Waals surface area contributed by atoms with E-state index >= 15 is 0 Å². The van der Waals surface area contributed by atoms with E-state index in [1.165, 1.54) is 96.3 Å². The van der Waals surface area contributed by atoms with Crippen LogP contribution in [0.1, 0.15) is 150 Å². The summed E-state index contributed by atoms with van der Waals surface area (Å²) in [5, 5.41) is 33.3. The fourth-order valence-corrected chi connectivity index (χ4v) is 2.68. The normalized spacial score (nSPS) is 9.56. The minimum absolute atomic E-state index is 0. The third-order valence-corrected chi connectivity index (χ3v) is 4.54. The van der Waals surface area contributed by atoms with Crippen LogP contribution in [0.15, 0.2) is 0 Å². The third kappa shape index (κ3) is 77.5. The molecule has 0 rings (SSSR count). The summed E-state index contributed by atoms with van der Waals surface area (Å²) in [7, 11) is 0. The Balaban J connectivity index is -0.000000104. The predicted octanol–water partition coefficient (Wildman–Crippen LogP) is 7.40. The van der Waals surface area contributed by atoms with E-state index < -0.39 is 0 Å². The van der Waals surface area contributed by atoms with E-state index in [4.69, 9.17) is 20.4 Å². The average molecular weight is 499 g/mol. The maximum absolute atomic E-state index is 8.42. The zero-order valence-corrected chi connectivity index (χ0v) is 24.3. The van der Waals surface area contributed by atoms with Gasteiger partial charge < -0.3 is 20.4 Å². The summed E-state index contributed by atoms with van der Waals surface area (Å²) in [6.45, 7) is 11.2. The minimum Gasteiger partial charge on any atom is -0.396 e. The van der Waals surface area contributed by atoms with Gasteiger partial charge in [-0.25, -0.2) is 0 Å². The van der Waals surface area contributed by atoms with E-state index in [9.17, 15) is 0 Å². The van der Waals surface area contributed by atoms with E-state index in [0.29, 0.717) is 19.8 Å². The Morgan fingerprint density at radius 3 is 0.719 bits per heavy atom. The van der Waals surface area contributed by atoms with Crippen molar-refractivity contribution in [2.24, 2.45) is 0 Å². The first-order valence-corrected chi connectivity index (χ1v) is 13.5. The molecule has 0 atom stereocenters. The zero-order chi connectivity index (χ0) is 24.4. The Morgan fingerprint density at radius 2 is 0.562 bits per heavy atom. The first-order valence-electron chi connectivity index (χ1n) is 13.5. The van der Waals surface area contributed by atoms with Gasteiger partial charge in [-0.05, 0) is 33.1 Å². The van der Waals surface area contributed by atoms with Crippen molar-refractivity contribution in [1.82, 2.24) is 0 Å². The van der Waals surface area contributed by atoms with Crippen molar-refractivity contribution in [3.8, 4) is 0 Å². The predicted molar refractivity (Wildman–Crippen MR) is 139 cm³/mol. The molecule has 0 bridgehead atoms. The molecule has 0 aliphatic heterocycles. The molecule has 0 unspecified atom stereocenters. The van der Waals surface area contributed by atoms with E-state index in [0.717, 1.165) is 19.3 Å². The maximum atomic E-state index is 8.42. The monoisotopic (exact) mass is 498 g/mol. The number of hydrogen-bond donors (Lipinski definition) is 4. The second kappa shape index (κ2) is 48.9.